The van der Waals surface area contributed by atoms with Gasteiger partial charge in [-0.1, -0.05) is 0 Å². The Kier molecular flexibility index (Phi) is 5.29. The van der Waals surface area contributed by atoms with Gasteiger partial charge in [-0.3, -0.25) is 0 Å². The third kappa shape index (κ3) is 5.05. The van der Waals surface area contributed by atoms with Crippen LogP contribution in [0.3, 0.4) is 0 Å². The molecular weight excluding hydrogens is 395 g/mol. The molecular formula is C15H7F9N2O. The number of alkyl halides is 6. The van der Waals surface area contributed by atoms with Gasteiger partial charge in [0, 0.05) is 23.5 Å². The van der Waals surface area contributed by atoms with E-state index in [-0.39, 0.29) is 18.2 Å². The molecule has 3 nitrogen and oxygen atoms in total. The van der Waals surface area contributed by atoms with Crippen LogP contribution in [0.15, 0.2) is 30.3 Å². The van der Waals surface area contributed by atoms with Crippen LogP contribution in [-0.4, -0.2) is 6.03 Å². The second-order valence-electron chi connectivity index (χ2n) is 5.13. The lowest BCUT2D eigenvalue weighted by Gasteiger charge is -2.15. The van der Waals surface area contributed by atoms with Gasteiger partial charge in [-0.25, -0.2) is 18.0 Å². The summed E-state index contributed by atoms with van der Waals surface area (Å²) in [6.07, 6.45) is -10.3. The first kappa shape index (κ1) is 20.4. The number of urea groups is 1. The van der Waals surface area contributed by atoms with Gasteiger partial charge in [0.25, 0.3) is 0 Å². The SMILES string of the molecule is O=C(Nc1cc(C(F)(F)F)cc(C(F)(F)F)c1)Nc1cc(F)c(F)c(F)c1. The van der Waals surface area contributed by atoms with Crippen LogP contribution >= 0.6 is 0 Å². The monoisotopic (exact) mass is 402 g/mol. The number of amides is 2. The summed E-state index contributed by atoms with van der Waals surface area (Å²) in [5.74, 6) is -5.15. The second kappa shape index (κ2) is 7.00. The van der Waals surface area contributed by atoms with Gasteiger partial charge in [-0.15, -0.1) is 0 Å². The summed E-state index contributed by atoms with van der Waals surface area (Å²) in [5, 5.41) is 3.44. The number of rotatable bonds is 2. The first-order valence-corrected chi connectivity index (χ1v) is 6.79. The van der Waals surface area contributed by atoms with Crippen molar-refractivity contribution in [3.63, 3.8) is 0 Å². The van der Waals surface area contributed by atoms with Gasteiger partial charge in [0.2, 0.25) is 0 Å². The molecule has 0 bridgehead atoms. The number of benzene rings is 2. The third-order valence-corrected chi connectivity index (χ3v) is 3.09. The molecule has 2 aromatic carbocycles. The summed E-state index contributed by atoms with van der Waals surface area (Å²) in [4.78, 5) is 11.7. The largest absolute Gasteiger partial charge is 0.416 e. The molecule has 0 saturated heterocycles. The maximum atomic E-state index is 13.0. The van der Waals surface area contributed by atoms with Crippen LogP contribution < -0.4 is 10.6 Å². The Morgan fingerprint density at radius 3 is 1.41 bits per heavy atom. The highest BCUT2D eigenvalue weighted by atomic mass is 19.4. The first-order chi connectivity index (χ1) is 12.3. The molecule has 0 unspecified atom stereocenters. The zero-order valence-corrected chi connectivity index (χ0v) is 12.7. The smallest absolute Gasteiger partial charge is 0.308 e. The molecule has 27 heavy (non-hydrogen) atoms. The fourth-order valence-corrected chi connectivity index (χ4v) is 1.95. The van der Waals surface area contributed by atoms with Gasteiger partial charge in [0.15, 0.2) is 17.5 Å². The van der Waals surface area contributed by atoms with Crippen molar-refractivity contribution in [3.8, 4) is 0 Å². The molecule has 0 radical (unpaired) electrons. The molecule has 2 amide bonds. The number of hydrogen-bond acceptors (Lipinski definition) is 1. The minimum Gasteiger partial charge on any atom is -0.308 e. The van der Waals surface area contributed by atoms with E-state index in [9.17, 15) is 44.3 Å². The van der Waals surface area contributed by atoms with E-state index >= 15 is 0 Å². The van der Waals surface area contributed by atoms with E-state index in [1.54, 1.807) is 10.6 Å². The zero-order chi connectivity index (χ0) is 20.6. The van der Waals surface area contributed by atoms with Gasteiger partial charge >= 0.3 is 18.4 Å². The van der Waals surface area contributed by atoms with Crippen molar-refractivity contribution in [2.75, 3.05) is 10.6 Å². The summed E-state index contributed by atoms with van der Waals surface area (Å²) in [6.45, 7) is 0. The van der Waals surface area contributed by atoms with E-state index in [1.165, 1.54) is 0 Å². The molecule has 2 rings (SSSR count). The maximum absolute atomic E-state index is 13.0. The van der Waals surface area contributed by atoms with Crippen molar-refractivity contribution in [3.05, 3.63) is 58.9 Å². The molecule has 0 spiro atoms. The fourth-order valence-electron chi connectivity index (χ4n) is 1.95. The van der Waals surface area contributed by atoms with Crippen molar-refractivity contribution in [2.24, 2.45) is 0 Å². The topological polar surface area (TPSA) is 41.1 Å². The Bertz CT molecular complexity index is 819. The average molecular weight is 402 g/mol. The molecule has 2 N–H and O–H groups in total. The molecule has 2 aromatic rings. The number of hydrogen-bond donors (Lipinski definition) is 2. The van der Waals surface area contributed by atoms with E-state index in [4.69, 9.17) is 0 Å². The highest BCUT2D eigenvalue weighted by Crippen LogP contribution is 2.37. The van der Waals surface area contributed by atoms with Crippen molar-refractivity contribution >= 4 is 17.4 Å². The standard InChI is InChI=1S/C15H7F9N2O/c16-10-4-9(5-11(17)12(10)18)26-13(27)25-8-2-6(14(19,20)21)1-7(3-8)15(22,23)24/h1-5H,(H2,25,26,27). The van der Waals surface area contributed by atoms with Crippen molar-refractivity contribution in [1.82, 2.24) is 0 Å². The minimum absolute atomic E-state index is 0.145. The molecule has 0 fully saturated rings. The van der Waals surface area contributed by atoms with Crippen LogP contribution in [0.1, 0.15) is 11.1 Å². The number of carbonyl (C=O) groups excluding carboxylic acids is 1. The second-order valence-corrected chi connectivity index (χ2v) is 5.13. The molecule has 0 aliphatic carbocycles. The molecule has 0 aliphatic rings. The Balaban J connectivity index is 2.29. The molecule has 0 heterocycles. The predicted molar refractivity (Wildman–Crippen MR) is 75.4 cm³/mol. The number of halogens is 9. The number of nitrogens with one attached hydrogen (secondary N) is 2. The van der Waals surface area contributed by atoms with Crippen LogP contribution in [0.2, 0.25) is 0 Å². The molecule has 0 saturated carbocycles. The summed E-state index contributed by atoms with van der Waals surface area (Å²) < 4.78 is 115. The average Bonchev–Trinajstić information content (AvgIpc) is 2.50. The lowest BCUT2D eigenvalue weighted by Crippen LogP contribution is -2.21. The first-order valence-electron chi connectivity index (χ1n) is 6.79. The van der Waals surface area contributed by atoms with E-state index in [0.29, 0.717) is 12.1 Å². The van der Waals surface area contributed by atoms with Gasteiger partial charge in [-0.2, -0.15) is 26.3 Å². The van der Waals surface area contributed by atoms with Crippen LogP contribution in [0, 0.1) is 17.5 Å². The van der Waals surface area contributed by atoms with Crippen LogP contribution in [0.4, 0.5) is 55.7 Å². The van der Waals surface area contributed by atoms with Crippen molar-refractivity contribution in [1.29, 1.82) is 0 Å². The lowest BCUT2D eigenvalue weighted by molar-refractivity contribution is -0.143. The normalized spacial score (nSPS) is 12.0. The van der Waals surface area contributed by atoms with E-state index < -0.39 is 58.3 Å². The van der Waals surface area contributed by atoms with Crippen LogP contribution in [0.5, 0.6) is 0 Å². The molecule has 12 heteroatoms. The predicted octanol–water partition coefficient (Wildman–Crippen LogP) is 5.79. The van der Waals surface area contributed by atoms with E-state index in [1.807, 2.05) is 0 Å². The maximum Gasteiger partial charge on any atom is 0.416 e. The van der Waals surface area contributed by atoms with Crippen molar-refractivity contribution in [2.45, 2.75) is 12.4 Å². The molecule has 0 aromatic heterocycles. The molecule has 0 aliphatic heterocycles. The van der Waals surface area contributed by atoms with E-state index in [0.717, 1.165) is 0 Å². The summed E-state index contributed by atoms with van der Waals surface area (Å²) in [7, 11) is 0. The minimum atomic E-state index is -5.13. The Morgan fingerprint density at radius 1 is 0.667 bits per heavy atom. The van der Waals surface area contributed by atoms with Crippen LogP contribution in [0.25, 0.3) is 0 Å². The van der Waals surface area contributed by atoms with Crippen molar-refractivity contribution < 1.29 is 44.3 Å². The van der Waals surface area contributed by atoms with Crippen LogP contribution in [-0.2, 0) is 12.4 Å². The molecule has 0 atom stereocenters. The van der Waals surface area contributed by atoms with Gasteiger partial charge < -0.3 is 10.6 Å². The fraction of sp³-hybridized carbons (Fsp3) is 0.133. The Labute approximate surface area is 144 Å². The third-order valence-electron chi connectivity index (χ3n) is 3.09. The van der Waals surface area contributed by atoms with E-state index in [2.05, 4.69) is 0 Å². The summed E-state index contributed by atoms with van der Waals surface area (Å²) >= 11 is 0. The van der Waals surface area contributed by atoms with Gasteiger partial charge in [0.1, 0.15) is 0 Å². The highest BCUT2D eigenvalue weighted by Gasteiger charge is 2.37. The van der Waals surface area contributed by atoms with Gasteiger partial charge in [-0.05, 0) is 18.2 Å². The lowest BCUT2D eigenvalue weighted by atomic mass is 10.1. The zero-order valence-electron chi connectivity index (χ0n) is 12.7. The Hall–Kier alpha value is -2.92. The quantitative estimate of drug-likeness (QED) is 0.485. The highest BCUT2D eigenvalue weighted by molar-refractivity contribution is 5.99. The number of carbonyl (C=O) groups is 1. The summed E-state index contributed by atoms with van der Waals surface area (Å²) in [6, 6.07) is -0.348. The Morgan fingerprint density at radius 2 is 1.04 bits per heavy atom. The molecule has 146 valence electrons. The van der Waals surface area contributed by atoms with Gasteiger partial charge in [0.05, 0.1) is 11.1 Å². The summed E-state index contributed by atoms with van der Waals surface area (Å²) in [5.41, 5.74) is -4.84. The number of anilines is 2.